The van der Waals surface area contributed by atoms with Gasteiger partial charge in [0.05, 0.1) is 6.04 Å². The summed E-state index contributed by atoms with van der Waals surface area (Å²) in [6, 6.07) is 9.09. The molecule has 0 aliphatic carbocycles. The van der Waals surface area contributed by atoms with Gasteiger partial charge in [0.1, 0.15) is 12.4 Å². The highest BCUT2D eigenvalue weighted by atomic mass is 16.6. The second-order valence-corrected chi connectivity index (χ2v) is 9.28. The first-order chi connectivity index (χ1) is 16.8. The number of ether oxygens (including phenoxy) is 2. The van der Waals surface area contributed by atoms with Crippen molar-refractivity contribution in [1.82, 2.24) is 4.90 Å². The van der Waals surface area contributed by atoms with Gasteiger partial charge in [-0.1, -0.05) is 56.5 Å². The number of aliphatic hydroxyl groups is 1. The molecule has 0 radical (unpaired) electrons. The molecule has 35 heavy (non-hydrogen) atoms. The molecule has 1 aliphatic heterocycles. The van der Waals surface area contributed by atoms with Crippen LogP contribution in [0.3, 0.4) is 0 Å². The van der Waals surface area contributed by atoms with E-state index in [1.54, 1.807) is 6.07 Å². The van der Waals surface area contributed by atoms with Crippen molar-refractivity contribution in [2.75, 3.05) is 20.3 Å². The van der Waals surface area contributed by atoms with Gasteiger partial charge in [-0.15, -0.1) is 0 Å². The Morgan fingerprint density at radius 1 is 1.17 bits per heavy atom. The van der Waals surface area contributed by atoms with Gasteiger partial charge >= 0.3 is 6.09 Å². The van der Waals surface area contributed by atoms with Crippen LogP contribution in [0.5, 0.6) is 0 Å². The highest BCUT2D eigenvalue weighted by molar-refractivity contribution is 6.14. The van der Waals surface area contributed by atoms with E-state index in [0.29, 0.717) is 12.2 Å². The summed E-state index contributed by atoms with van der Waals surface area (Å²) in [5.74, 6) is -0.753. The first-order valence-corrected chi connectivity index (χ1v) is 12.2. The van der Waals surface area contributed by atoms with Crippen molar-refractivity contribution in [3.63, 3.8) is 0 Å². The Kier molecular flexibility index (Phi) is 9.23. The Bertz CT molecular complexity index is 1040. The minimum Gasteiger partial charge on any atom is -0.457 e. The van der Waals surface area contributed by atoms with Crippen LogP contribution in [0.15, 0.2) is 34.7 Å². The summed E-state index contributed by atoms with van der Waals surface area (Å²) in [5, 5.41) is 9.00. The van der Waals surface area contributed by atoms with Crippen molar-refractivity contribution in [2.45, 2.75) is 65.0 Å². The Hall–Kier alpha value is -2.97. The van der Waals surface area contributed by atoms with E-state index in [-0.39, 0.29) is 24.9 Å². The molecule has 0 spiro atoms. The van der Waals surface area contributed by atoms with E-state index in [9.17, 15) is 14.4 Å². The number of imide groups is 1. The van der Waals surface area contributed by atoms with Gasteiger partial charge in [-0.25, -0.2) is 9.69 Å². The van der Waals surface area contributed by atoms with Crippen molar-refractivity contribution >= 4 is 17.8 Å². The number of aryl methyl sites for hydroxylation is 2. The van der Waals surface area contributed by atoms with E-state index in [1.165, 1.54) is 7.11 Å². The number of ketones is 1. The van der Waals surface area contributed by atoms with Crippen LogP contribution in [0.1, 0.15) is 61.4 Å². The largest absolute Gasteiger partial charge is 0.457 e. The SMILES string of the molecule is CO[C@@H](C(=O)c1cc(-c2cccc(C)c2)c(CCCCCCO)o1)C(=O)N1C(=O)OC[C@@H]1C(C)C. The second kappa shape index (κ2) is 12.1. The predicted molar refractivity (Wildman–Crippen MR) is 130 cm³/mol. The zero-order chi connectivity index (χ0) is 25.5. The molecular formula is C27H35NO7. The van der Waals surface area contributed by atoms with E-state index < -0.39 is 29.9 Å². The number of carbonyl (C=O) groups excluding carboxylic acids is 3. The number of cyclic esters (lactones) is 1. The fourth-order valence-electron chi connectivity index (χ4n) is 4.30. The molecule has 1 fully saturated rings. The van der Waals surface area contributed by atoms with Gasteiger partial charge in [0.25, 0.3) is 5.91 Å². The van der Waals surface area contributed by atoms with Crippen LogP contribution in [0, 0.1) is 12.8 Å². The van der Waals surface area contributed by atoms with Crippen LogP contribution < -0.4 is 0 Å². The van der Waals surface area contributed by atoms with E-state index in [2.05, 4.69) is 0 Å². The van der Waals surface area contributed by atoms with Crippen molar-refractivity contribution in [3.8, 4) is 11.1 Å². The maximum absolute atomic E-state index is 13.4. The van der Waals surface area contributed by atoms with E-state index >= 15 is 0 Å². The number of carbonyl (C=O) groups is 3. The van der Waals surface area contributed by atoms with Gasteiger partial charge in [0.15, 0.2) is 5.76 Å². The van der Waals surface area contributed by atoms with Crippen LogP contribution >= 0.6 is 0 Å². The minimum atomic E-state index is -1.52. The number of aliphatic hydroxyl groups excluding tert-OH is 1. The predicted octanol–water partition coefficient (Wildman–Crippen LogP) is 4.55. The molecule has 3 rings (SSSR count). The summed E-state index contributed by atoms with van der Waals surface area (Å²) in [5.41, 5.74) is 2.78. The third-order valence-electron chi connectivity index (χ3n) is 6.30. The smallest absolute Gasteiger partial charge is 0.417 e. The van der Waals surface area contributed by atoms with Gasteiger partial charge in [-0.3, -0.25) is 9.59 Å². The zero-order valence-electron chi connectivity index (χ0n) is 20.9. The summed E-state index contributed by atoms with van der Waals surface area (Å²) >= 11 is 0. The number of amides is 2. The van der Waals surface area contributed by atoms with Crippen LogP contribution in [0.4, 0.5) is 4.79 Å². The summed E-state index contributed by atoms with van der Waals surface area (Å²) < 4.78 is 16.4. The van der Waals surface area contributed by atoms with Crippen LogP contribution in [0.25, 0.3) is 11.1 Å². The quantitative estimate of drug-likeness (QED) is 0.267. The Morgan fingerprint density at radius 2 is 1.91 bits per heavy atom. The van der Waals surface area contributed by atoms with E-state index in [0.717, 1.165) is 47.3 Å². The van der Waals surface area contributed by atoms with Gasteiger partial charge in [0.2, 0.25) is 11.9 Å². The monoisotopic (exact) mass is 485 g/mol. The lowest BCUT2D eigenvalue weighted by Gasteiger charge is -2.25. The second-order valence-electron chi connectivity index (χ2n) is 9.28. The van der Waals surface area contributed by atoms with Crippen molar-refractivity contribution in [1.29, 1.82) is 0 Å². The topological polar surface area (TPSA) is 106 Å². The average Bonchev–Trinajstić information content (AvgIpc) is 3.43. The van der Waals surface area contributed by atoms with Gasteiger partial charge in [0, 0.05) is 25.7 Å². The highest BCUT2D eigenvalue weighted by Gasteiger charge is 2.45. The van der Waals surface area contributed by atoms with Crippen LogP contribution in [-0.4, -0.2) is 60.3 Å². The molecule has 190 valence electrons. The summed E-state index contributed by atoms with van der Waals surface area (Å²) in [6.07, 6.45) is 1.74. The number of hydrogen-bond donors (Lipinski definition) is 1. The Labute approximate surface area is 206 Å². The normalized spacial score (nSPS) is 16.6. The zero-order valence-corrected chi connectivity index (χ0v) is 20.9. The molecule has 8 nitrogen and oxygen atoms in total. The summed E-state index contributed by atoms with van der Waals surface area (Å²) in [7, 11) is 1.26. The van der Waals surface area contributed by atoms with Crippen LogP contribution in [-0.2, 0) is 20.7 Å². The number of benzene rings is 1. The molecular weight excluding hydrogens is 450 g/mol. The van der Waals surface area contributed by atoms with Crippen molar-refractivity contribution < 1.29 is 33.4 Å². The molecule has 2 amide bonds. The fourth-order valence-corrected chi connectivity index (χ4v) is 4.30. The number of furan rings is 1. The lowest BCUT2D eigenvalue weighted by atomic mass is 10.00. The Balaban J connectivity index is 1.88. The number of hydrogen-bond acceptors (Lipinski definition) is 7. The molecule has 2 heterocycles. The number of methoxy groups -OCH3 is 1. The number of Topliss-reactive ketones (excluding diaryl/α,β-unsaturated/α-hetero) is 1. The maximum atomic E-state index is 13.4. The molecule has 0 saturated carbocycles. The molecule has 0 bridgehead atoms. The Morgan fingerprint density at radius 3 is 2.57 bits per heavy atom. The molecule has 1 N–H and O–H groups in total. The minimum absolute atomic E-state index is 0.0146. The lowest BCUT2D eigenvalue weighted by molar-refractivity contribution is -0.137. The van der Waals surface area contributed by atoms with Gasteiger partial charge < -0.3 is 19.0 Å². The van der Waals surface area contributed by atoms with E-state index in [4.69, 9.17) is 19.0 Å². The highest BCUT2D eigenvalue weighted by Crippen LogP contribution is 2.31. The number of nitrogens with zero attached hydrogens (tertiary/aromatic N) is 1. The van der Waals surface area contributed by atoms with Gasteiger partial charge in [-0.2, -0.15) is 0 Å². The third kappa shape index (κ3) is 6.18. The summed E-state index contributed by atoms with van der Waals surface area (Å²) in [4.78, 5) is 39.8. The number of unbranched alkanes of at least 4 members (excludes halogenated alkanes) is 3. The first-order valence-electron chi connectivity index (χ1n) is 12.2. The average molecular weight is 486 g/mol. The fraction of sp³-hybridized carbons (Fsp3) is 0.519. The molecule has 1 aromatic carbocycles. The molecule has 1 saturated heterocycles. The molecule has 1 aliphatic rings. The van der Waals surface area contributed by atoms with Gasteiger partial charge in [-0.05, 0) is 37.3 Å². The molecule has 2 atom stereocenters. The lowest BCUT2D eigenvalue weighted by Crippen LogP contribution is -2.49. The summed E-state index contributed by atoms with van der Waals surface area (Å²) in [6.45, 7) is 6.01. The molecule has 2 aromatic rings. The molecule has 0 unspecified atom stereocenters. The first kappa shape index (κ1) is 26.6. The standard InChI is InChI=1S/C27H35NO7/c1-17(2)21-16-34-27(32)28(21)26(31)25(33-4)24(30)23-15-20(19-11-9-10-18(3)14-19)22(35-23)12-7-5-6-8-13-29/h9-11,14-15,17,21,25,29H,5-8,12-13,16H2,1-4H3/t21-,25+/m1/s1. The third-order valence-corrected chi connectivity index (χ3v) is 6.30. The van der Waals surface area contributed by atoms with Crippen molar-refractivity contribution in [2.24, 2.45) is 5.92 Å². The van der Waals surface area contributed by atoms with Crippen molar-refractivity contribution in [3.05, 3.63) is 47.4 Å². The van der Waals surface area contributed by atoms with E-state index in [1.807, 2.05) is 45.0 Å². The van der Waals surface area contributed by atoms with Crippen LogP contribution in [0.2, 0.25) is 0 Å². The molecule has 1 aromatic heterocycles. The number of rotatable bonds is 12. The maximum Gasteiger partial charge on any atom is 0.417 e. The molecule has 8 heteroatoms.